The lowest BCUT2D eigenvalue weighted by Crippen LogP contribution is -2.43. The number of nitrogens with one attached hydrogen (secondary N) is 1. The van der Waals surface area contributed by atoms with Crippen molar-refractivity contribution in [1.29, 1.82) is 0 Å². The normalized spacial score (nSPS) is 28.1. The molecule has 0 saturated heterocycles. The molecule has 1 fully saturated rings. The molecule has 0 aromatic carbocycles. The Bertz CT molecular complexity index is 218. The van der Waals surface area contributed by atoms with Gasteiger partial charge < -0.3 is 5.32 Å². The van der Waals surface area contributed by atoms with E-state index < -0.39 is 0 Å². The smallest absolute Gasteiger partial charge is 0.223 e. The van der Waals surface area contributed by atoms with Crippen LogP contribution in [0.15, 0.2) is 0 Å². The number of hydrogen-bond acceptors (Lipinski definition) is 1. The van der Waals surface area contributed by atoms with Crippen LogP contribution in [0.5, 0.6) is 0 Å². The van der Waals surface area contributed by atoms with E-state index in [0.717, 1.165) is 10.8 Å². The highest BCUT2D eigenvalue weighted by Gasteiger charge is 2.30. The molecule has 0 heterocycles. The van der Waals surface area contributed by atoms with Gasteiger partial charge in [0.05, 0.1) is 0 Å². The lowest BCUT2D eigenvalue weighted by atomic mass is 9.96. The Morgan fingerprint density at radius 1 is 1.47 bits per heavy atom. The van der Waals surface area contributed by atoms with E-state index in [0.29, 0.717) is 17.9 Å². The zero-order chi connectivity index (χ0) is 11.4. The molecule has 3 atom stereocenters. The Hall–Kier alpha value is 0.200. The maximum absolute atomic E-state index is 12.0. The van der Waals surface area contributed by atoms with E-state index in [9.17, 15) is 4.79 Å². The molecular weight excluding hydrogens is 301 g/mol. The molecule has 0 aromatic heterocycles. The van der Waals surface area contributed by atoms with Crippen molar-refractivity contribution in [3.8, 4) is 0 Å². The van der Waals surface area contributed by atoms with Crippen LogP contribution < -0.4 is 5.32 Å². The van der Waals surface area contributed by atoms with E-state index in [4.69, 9.17) is 0 Å². The molecule has 3 heteroatoms. The molecule has 0 aliphatic heterocycles. The van der Waals surface area contributed by atoms with Gasteiger partial charge in [0.25, 0.3) is 0 Å². The molecule has 0 aromatic rings. The van der Waals surface area contributed by atoms with Crippen molar-refractivity contribution in [2.75, 3.05) is 4.43 Å². The fourth-order valence-corrected chi connectivity index (χ4v) is 3.45. The van der Waals surface area contributed by atoms with Gasteiger partial charge in [-0.05, 0) is 24.7 Å². The SMILES string of the molecule is CC(C)C(CI)NC(=O)C1CCCC1C. The largest absolute Gasteiger partial charge is 0.352 e. The number of amides is 1. The average Bonchev–Trinajstić information content (AvgIpc) is 2.60. The van der Waals surface area contributed by atoms with Crippen LogP contribution in [0, 0.1) is 17.8 Å². The molecule has 1 amide bonds. The minimum Gasteiger partial charge on any atom is -0.352 e. The second-order valence-corrected chi connectivity index (χ2v) is 5.91. The Balaban J connectivity index is 2.46. The number of halogens is 1. The Morgan fingerprint density at radius 2 is 2.13 bits per heavy atom. The summed E-state index contributed by atoms with van der Waals surface area (Å²) in [7, 11) is 0. The van der Waals surface area contributed by atoms with Crippen molar-refractivity contribution >= 4 is 28.5 Å². The van der Waals surface area contributed by atoms with Gasteiger partial charge in [-0.15, -0.1) is 0 Å². The van der Waals surface area contributed by atoms with Crippen LogP contribution in [0.3, 0.4) is 0 Å². The second-order valence-electron chi connectivity index (χ2n) is 5.03. The van der Waals surface area contributed by atoms with Gasteiger partial charge in [-0.1, -0.05) is 49.8 Å². The highest BCUT2D eigenvalue weighted by Crippen LogP contribution is 2.31. The molecule has 15 heavy (non-hydrogen) atoms. The van der Waals surface area contributed by atoms with Gasteiger partial charge in [-0.2, -0.15) is 0 Å². The molecule has 0 spiro atoms. The van der Waals surface area contributed by atoms with Gasteiger partial charge in [0.2, 0.25) is 5.91 Å². The maximum Gasteiger partial charge on any atom is 0.223 e. The van der Waals surface area contributed by atoms with Gasteiger partial charge in [0, 0.05) is 16.4 Å². The molecular formula is C12H22INO. The van der Waals surface area contributed by atoms with E-state index in [-0.39, 0.29) is 11.8 Å². The van der Waals surface area contributed by atoms with Gasteiger partial charge in [-0.3, -0.25) is 4.79 Å². The van der Waals surface area contributed by atoms with Crippen molar-refractivity contribution in [2.45, 2.75) is 46.1 Å². The minimum atomic E-state index is 0.272. The number of hydrogen-bond donors (Lipinski definition) is 1. The summed E-state index contributed by atoms with van der Waals surface area (Å²) in [4.78, 5) is 12.0. The monoisotopic (exact) mass is 323 g/mol. The van der Waals surface area contributed by atoms with E-state index in [1.807, 2.05) is 0 Å². The van der Waals surface area contributed by atoms with Gasteiger partial charge in [0.15, 0.2) is 0 Å². The fourth-order valence-electron chi connectivity index (χ4n) is 2.21. The Morgan fingerprint density at radius 3 is 2.53 bits per heavy atom. The van der Waals surface area contributed by atoms with E-state index in [2.05, 4.69) is 48.7 Å². The van der Waals surface area contributed by atoms with Crippen molar-refractivity contribution in [3.63, 3.8) is 0 Å². The maximum atomic E-state index is 12.0. The molecule has 1 rings (SSSR count). The third-order valence-corrected chi connectivity index (χ3v) is 4.45. The van der Waals surface area contributed by atoms with Gasteiger partial charge in [0.1, 0.15) is 0 Å². The Labute approximate surface area is 107 Å². The Kier molecular flexibility index (Phi) is 5.36. The lowest BCUT2D eigenvalue weighted by Gasteiger charge is -2.23. The number of rotatable bonds is 4. The number of carbonyl (C=O) groups is 1. The molecule has 0 bridgehead atoms. The van der Waals surface area contributed by atoms with Crippen LogP contribution in [0.25, 0.3) is 0 Å². The highest BCUT2D eigenvalue weighted by atomic mass is 127. The molecule has 1 aliphatic rings. The zero-order valence-electron chi connectivity index (χ0n) is 9.92. The summed E-state index contributed by atoms with van der Waals surface area (Å²) in [5, 5.41) is 3.19. The van der Waals surface area contributed by atoms with E-state index >= 15 is 0 Å². The summed E-state index contributed by atoms with van der Waals surface area (Å²) in [5.74, 6) is 1.67. The van der Waals surface area contributed by atoms with Crippen molar-refractivity contribution < 1.29 is 4.79 Å². The van der Waals surface area contributed by atoms with Crippen LogP contribution in [0.4, 0.5) is 0 Å². The summed E-state index contributed by atoms with van der Waals surface area (Å²) in [6.07, 6.45) is 3.52. The zero-order valence-corrected chi connectivity index (χ0v) is 12.1. The summed E-state index contributed by atoms with van der Waals surface area (Å²) < 4.78 is 1.00. The molecule has 1 saturated carbocycles. The first-order valence-corrected chi connectivity index (χ1v) is 7.45. The average molecular weight is 323 g/mol. The second kappa shape index (κ2) is 6.06. The molecule has 0 radical (unpaired) electrons. The van der Waals surface area contributed by atoms with Crippen LogP contribution in [-0.2, 0) is 4.79 Å². The minimum absolute atomic E-state index is 0.272. The lowest BCUT2D eigenvalue weighted by molar-refractivity contribution is -0.126. The van der Waals surface area contributed by atoms with Crippen molar-refractivity contribution in [2.24, 2.45) is 17.8 Å². The summed E-state index contributed by atoms with van der Waals surface area (Å²) in [6, 6.07) is 0.339. The third kappa shape index (κ3) is 3.61. The summed E-state index contributed by atoms with van der Waals surface area (Å²) in [5.41, 5.74) is 0. The predicted molar refractivity (Wildman–Crippen MR) is 72.2 cm³/mol. The van der Waals surface area contributed by atoms with E-state index in [1.165, 1.54) is 12.8 Å². The first kappa shape index (κ1) is 13.3. The predicted octanol–water partition coefficient (Wildman–Crippen LogP) is 3.00. The van der Waals surface area contributed by atoms with Gasteiger partial charge in [-0.25, -0.2) is 0 Å². The van der Waals surface area contributed by atoms with Crippen molar-refractivity contribution in [3.05, 3.63) is 0 Å². The van der Waals surface area contributed by atoms with Crippen LogP contribution in [0.2, 0.25) is 0 Å². The first-order valence-electron chi connectivity index (χ1n) is 5.92. The van der Waals surface area contributed by atoms with Crippen LogP contribution in [-0.4, -0.2) is 16.4 Å². The molecule has 2 nitrogen and oxygen atoms in total. The van der Waals surface area contributed by atoms with Crippen molar-refractivity contribution in [1.82, 2.24) is 5.32 Å². The van der Waals surface area contributed by atoms with Crippen LogP contribution in [0.1, 0.15) is 40.0 Å². The summed E-state index contributed by atoms with van der Waals surface area (Å²) >= 11 is 2.35. The topological polar surface area (TPSA) is 29.1 Å². The standard InChI is InChI=1S/C12H22INO/c1-8(2)11(7-13)14-12(15)10-6-4-5-9(10)3/h8-11H,4-7H2,1-3H3,(H,14,15). The summed E-state index contributed by atoms with van der Waals surface area (Å²) in [6.45, 7) is 6.54. The third-order valence-electron chi connectivity index (χ3n) is 3.50. The molecule has 88 valence electrons. The number of carbonyl (C=O) groups excluding carboxylic acids is 1. The molecule has 1 aliphatic carbocycles. The van der Waals surface area contributed by atoms with Gasteiger partial charge >= 0.3 is 0 Å². The fraction of sp³-hybridized carbons (Fsp3) is 0.917. The highest BCUT2D eigenvalue weighted by molar-refractivity contribution is 14.1. The molecule has 3 unspecified atom stereocenters. The van der Waals surface area contributed by atoms with E-state index in [1.54, 1.807) is 0 Å². The quantitative estimate of drug-likeness (QED) is 0.625. The first-order chi connectivity index (χ1) is 7.06. The molecule has 1 N–H and O–H groups in total. The van der Waals surface area contributed by atoms with Crippen LogP contribution >= 0.6 is 22.6 Å². The number of alkyl halides is 1.